The molecule has 4 nitrogen and oxygen atoms in total. The van der Waals surface area contributed by atoms with Crippen LogP contribution in [0.15, 0.2) is 24.3 Å². The molecule has 0 aliphatic rings. The first-order valence-corrected chi connectivity index (χ1v) is 7.99. The molecule has 0 radical (unpaired) electrons. The maximum Gasteiger partial charge on any atom is 0.573 e. The molecular weight excluding hydrogens is 323 g/mol. The predicted octanol–water partition coefficient (Wildman–Crippen LogP) is 3.43. The van der Waals surface area contributed by atoms with Gasteiger partial charge in [-0.15, -0.1) is 13.2 Å². The van der Waals surface area contributed by atoms with Crippen molar-refractivity contribution < 1.29 is 27.8 Å². The van der Waals surface area contributed by atoms with Gasteiger partial charge in [0.25, 0.3) is 0 Å². The molecule has 0 spiro atoms. The summed E-state index contributed by atoms with van der Waals surface area (Å²) in [7, 11) is 0. The summed E-state index contributed by atoms with van der Waals surface area (Å²) in [6, 6.07) is 5.75. The van der Waals surface area contributed by atoms with Crippen LogP contribution >= 0.6 is 0 Å². The molecule has 0 fully saturated rings. The molecule has 7 heteroatoms. The number of hydrogen-bond acceptors (Lipinski definition) is 3. The van der Waals surface area contributed by atoms with Crippen molar-refractivity contribution in [2.45, 2.75) is 51.9 Å². The molecule has 0 saturated heterocycles. The Labute approximate surface area is 140 Å². The number of rotatable bonds is 9. The van der Waals surface area contributed by atoms with Gasteiger partial charge in [0.05, 0.1) is 0 Å². The highest BCUT2D eigenvalue weighted by molar-refractivity contribution is 5.76. The van der Waals surface area contributed by atoms with Gasteiger partial charge in [0.15, 0.2) is 0 Å². The third-order valence-electron chi connectivity index (χ3n) is 3.68. The van der Waals surface area contributed by atoms with Gasteiger partial charge in [0.2, 0.25) is 5.91 Å². The fraction of sp³-hybridized carbons (Fsp3) is 0.588. The van der Waals surface area contributed by atoms with Crippen molar-refractivity contribution in [3.8, 4) is 5.75 Å². The van der Waals surface area contributed by atoms with Crippen LogP contribution in [0.2, 0.25) is 0 Å². The first kappa shape index (κ1) is 20.3. The summed E-state index contributed by atoms with van der Waals surface area (Å²) in [5.74, 6) is -0.427. The molecule has 0 saturated carbocycles. The summed E-state index contributed by atoms with van der Waals surface area (Å²) in [6.07, 6.45) is -3.14. The molecule has 1 amide bonds. The minimum absolute atomic E-state index is 0.0501. The van der Waals surface area contributed by atoms with Gasteiger partial charge < -0.3 is 15.2 Å². The van der Waals surface area contributed by atoms with Crippen molar-refractivity contribution in [1.29, 1.82) is 0 Å². The van der Waals surface area contributed by atoms with E-state index in [9.17, 15) is 18.0 Å². The van der Waals surface area contributed by atoms with Crippen LogP contribution in [0.3, 0.4) is 0 Å². The average Bonchev–Trinajstić information content (AvgIpc) is 2.51. The topological polar surface area (TPSA) is 58.6 Å². The summed E-state index contributed by atoms with van der Waals surface area (Å²) >= 11 is 0. The molecular formula is C17H24F3NO3. The number of hydrogen-bond donors (Lipinski definition) is 2. The Morgan fingerprint density at radius 3 is 2.58 bits per heavy atom. The Bertz CT molecular complexity index is 520. The van der Waals surface area contributed by atoms with Gasteiger partial charge in [-0.1, -0.05) is 32.0 Å². The van der Waals surface area contributed by atoms with Crippen molar-refractivity contribution in [1.82, 2.24) is 5.32 Å². The Balaban J connectivity index is 2.58. The van der Waals surface area contributed by atoms with E-state index >= 15 is 0 Å². The number of para-hydroxylation sites is 1. The average molecular weight is 347 g/mol. The minimum atomic E-state index is -4.76. The minimum Gasteiger partial charge on any atom is -0.406 e. The Hall–Kier alpha value is -1.76. The molecule has 1 aromatic rings. The number of ether oxygens (including phenoxy) is 1. The lowest BCUT2D eigenvalue weighted by molar-refractivity contribution is -0.274. The molecule has 0 aromatic heterocycles. The van der Waals surface area contributed by atoms with Gasteiger partial charge in [-0.05, 0) is 36.8 Å². The highest BCUT2D eigenvalue weighted by Crippen LogP contribution is 2.27. The van der Waals surface area contributed by atoms with E-state index in [4.69, 9.17) is 5.11 Å². The largest absolute Gasteiger partial charge is 0.573 e. The van der Waals surface area contributed by atoms with Crippen LogP contribution in [0.4, 0.5) is 13.2 Å². The van der Waals surface area contributed by atoms with Crippen LogP contribution in [0.5, 0.6) is 5.75 Å². The van der Waals surface area contributed by atoms with Crippen LogP contribution in [0.1, 0.15) is 38.7 Å². The van der Waals surface area contributed by atoms with E-state index in [2.05, 4.69) is 10.1 Å². The molecule has 0 bridgehead atoms. The summed E-state index contributed by atoms with van der Waals surface area (Å²) in [6.45, 7) is 3.87. The van der Waals surface area contributed by atoms with E-state index in [0.29, 0.717) is 12.0 Å². The molecule has 0 heterocycles. The van der Waals surface area contributed by atoms with Gasteiger partial charge in [-0.25, -0.2) is 0 Å². The van der Waals surface area contributed by atoms with E-state index in [-0.39, 0.29) is 43.1 Å². The zero-order valence-electron chi connectivity index (χ0n) is 13.9. The first-order chi connectivity index (χ1) is 11.2. The van der Waals surface area contributed by atoms with Gasteiger partial charge in [0.1, 0.15) is 5.75 Å². The van der Waals surface area contributed by atoms with E-state index in [1.807, 2.05) is 13.8 Å². The van der Waals surface area contributed by atoms with Crippen LogP contribution in [-0.2, 0) is 11.2 Å². The molecule has 0 aliphatic carbocycles. The van der Waals surface area contributed by atoms with E-state index in [1.165, 1.54) is 18.2 Å². The van der Waals surface area contributed by atoms with E-state index in [1.54, 1.807) is 6.07 Å². The fourth-order valence-corrected chi connectivity index (χ4v) is 2.37. The smallest absolute Gasteiger partial charge is 0.406 e. The Kier molecular flexibility index (Phi) is 8.04. The number of amides is 1. The molecule has 24 heavy (non-hydrogen) atoms. The number of carbonyl (C=O) groups is 1. The molecule has 0 aliphatic heterocycles. The highest BCUT2D eigenvalue weighted by atomic mass is 19.4. The third kappa shape index (κ3) is 7.68. The van der Waals surface area contributed by atoms with Crippen LogP contribution < -0.4 is 10.1 Å². The lowest BCUT2D eigenvalue weighted by Crippen LogP contribution is -2.36. The number of benzene rings is 1. The monoisotopic (exact) mass is 347 g/mol. The number of aliphatic hydroxyl groups is 1. The number of carbonyl (C=O) groups excluding carboxylic acids is 1. The van der Waals surface area contributed by atoms with Gasteiger partial charge >= 0.3 is 6.36 Å². The molecule has 2 N–H and O–H groups in total. The predicted molar refractivity (Wildman–Crippen MR) is 84.5 cm³/mol. The molecule has 1 rings (SSSR count). The van der Waals surface area contributed by atoms with Crippen molar-refractivity contribution in [2.24, 2.45) is 5.92 Å². The fourth-order valence-electron chi connectivity index (χ4n) is 2.37. The normalized spacial score (nSPS) is 14.1. The molecule has 0 unspecified atom stereocenters. The second kappa shape index (κ2) is 9.52. The van der Waals surface area contributed by atoms with Crippen molar-refractivity contribution in [3.05, 3.63) is 29.8 Å². The maximum absolute atomic E-state index is 12.4. The third-order valence-corrected chi connectivity index (χ3v) is 3.68. The lowest BCUT2D eigenvalue weighted by Gasteiger charge is -2.20. The zero-order valence-corrected chi connectivity index (χ0v) is 13.9. The standard InChI is InChI=1S/C17H24F3NO3/c1-3-14(10-12(2)11-22)21-16(23)9-8-13-6-4-5-7-15(13)24-17(18,19)20/h4-7,12,14,22H,3,8-11H2,1-2H3,(H,21,23)/t12-,14-/m0/s1. The van der Waals surface area contributed by atoms with Gasteiger partial charge in [-0.2, -0.15) is 0 Å². The zero-order chi connectivity index (χ0) is 18.2. The number of aliphatic hydroxyl groups excluding tert-OH is 1. The maximum atomic E-state index is 12.4. The van der Waals surface area contributed by atoms with E-state index < -0.39 is 6.36 Å². The molecule has 2 atom stereocenters. The van der Waals surface area contributed by atoms with Gasteiger partial charge in [-0.3, -0.25) is 4.79 Å². The van der Waals surface area contributed by atoms with Crippen molar-refractivity contribution in [2.75, 3.05) is 6.61 Å². The summed E-state index contributed by atoms with van der Waals surface area (Å²) in [5.41, 5.74) is 0.335. The summed E-state index contributed by atoms with van der Waals surface area (Å²) in [4.78, 5) is 12.0. The van der Waals surface area contributed by atoms with Gasteiger partial charge in [0, 0.05) is 19.1 Å². The first-order valence-electron chi connectivity index (χ1n) is 7.99. The Morgan fingerprint density at radius 2 is 2.00 bits per heavy atom. The quantitative estimate of drug-likeness (QED) is 0.719. The van der Waals surface area contributed by atoms with Crippen LogP contribution in [0.25, 0.3) is 0 Å². The lowest BCUT2D eigenvalue weighted by atomic mass is 10.0. The summed E-state index contributed by atoms with van der Waals surface area (Å²) < 4.78 is 41.1. The molecule has 136 valence electrons. The number of halogens is 3. The molecule has 1 aromatic carbocycles. The highest BCUT2D eigenvalue weighted by Gasteiger charge is 2.32. The second-order valence-corrected chi connectivity index (χ2v) is 5.85. The summed E-state index contributed by atoms with van der Waals surface area (Å²) in [5, 5.41) is 11.9. The number of aryl methyl sites for hydroxylation is 1. The van der Waals surface area contributed by atoms with Crippen molar-refractivity contribution in [3.63, 3.8) is 0 Å². The van der Waals surface area contributed by atoms with Crippen molar-refractivity contribution >= 4 is 5.91 Å². The SMILES string of the molecule is CC[C@@H](C[C@H](C)CO)NC(=O)CCc1ccccc1OC(F)(F)F. The number of alkyl halides is 3. The Morgan fingerprint density at radius 1 is 1.33 bits per heavy atom. The second-order valence-electron chi connectivity index (χ2n) is 5.85. The number of nitrogens with one attached hydrogen (secondary N) is 1. The van der Waals surface area contributed by atoms with E-state index in [0.717, 1.165) is 6.42 Å². The van der Waals surface area contributed by atoms with Crippen LogP contribution in [0, 0.1) is 5.92 Å². The van der Waals surface area contributed by atoms with Crippen LogP contribution in [-0.4, -0.2) is 30.0 Å².